The molecule has 4 bridgehead atoms. The van der Waals surface area contributed by atoms with E-state index in [4.69, 9.17) is 5.73 Å². The van der Waals surface area contributed by atoms with Crippen molar-refractivity contribution in [1.29, 1.82) is 0 Å². The van der Waals surface area contributed by atoms with Crippen LogP contribution in [0.4, 0.5) is 0 Å². The van der Waals surface area contributed by atoms with Crippen molar-refractivity contribution in [3.05, 3.63) is 0 Å². The van der Waals surface area contributed by atoms with E-state index < -0.39 is 0 Å². The number of likely N-dealkylation sites (N-methyl/N-ethyl adjacent to an activating group) is 1. The molecule has 5 fully saturated rings. The summed E-state index contributed by atoms with van der Waals surface area (Å²) in [6.45, 7) is 2.33. The molecular weight excluding hydrogens is 232 g/mol. The van der Waals surface area contributed by atoms with Gasteiger partial charge in [-0.15, -0.1) is 0 Å². The number of likely N-dealkylation sites (tertiary alicyclic amines) is 1. The predicted molar refractivity (Wildman–Crippen MR) is 78.8 cm³/mol. The van der Waals surface area contributed by atoms with Crippen LogP contribution in [0.2, 0.25) is 0 Å². The minimum atomic E-state index is 0.142. The second kappa shape index (κ2) is 4.46. The molecule has 1 heterocycles. The molecule has 0 aromatic heterocycles. The molecule has 1 atom stereocenters. The van der Waals surface area contributed by atoms with Crippen molar-refractivity contribution < 1.29 is 0 Å². The Hall–Kier alpha value is -0.0800. The molecule has 108 valence electrons. The molecule has 0 spiro atoms. The Morgan fingerprint density at radius 2 is 1.68 bits per heavy atom. The Balaban J connectivity index is 1.38. The number of rotatable bonds is 3. The van der Waals surface area contributed by atoms with Gasteiger partial charge in [0.05, 0.1) is 0 Å². The van der Waals surface area contributed by atoms with E-state index in [9.17, 15) is 0 Å². The first-order valence-corrected chi connectivity index (χ1v) is 8.59. The fourth-order valence-electron chi connectivity index (χ4n) is 6.28. The molecule has 5 aliphatic rings. The van der Waals surface area contributed by atoms with E-state index in [1.54, 1.807) is 32.1 Å². The van der Waals surface area contributed by atoms with Gasteiger partial charge in [-0.1, -0.05) is 0 Å². The van der Waals surface area contributed by atoms with Crippen molar-refractivity contribution in [3.8, 4) is 0 Å². The van der Waals surface area contributed by atoms with Crippen molar-refractivity contribution in [2.75, 3.05) is 20.1 Å². The van der Waals surface area contributed by atoms with Crippen LogP contribution in [0.5, 0.6) is 0 Å². The first kappa shape index (κ1) is 12.6. The Morgan fingerprint density at radius 1 is 1.05 bits per heavy atom. The summed E-state index contributed by atoms with van der Waals surface area (Å²) in [6, 6.07) is 0. The fourth-order valence-corrected chi connectivity index (χ4v) is 6.28. The lowest BCUT2D eigenvalue weighted by molar-refractivity contribution is -0.0420. The summed E-state index contributed by atoms with van der Waals surface area (Å²) in [4.78, 5) is 2.41. The molecule has 19 heavy (non-hydrogen) atoms. The van der Waals surface area contributed by atoms with E-state index in [0.29, 0.717) is 0 Å². The summed E-state index contributed by atoms with van der Waals surface area (Å²) in [5, 5.41) is 0. The van der Waals surface area contributed by atoms with Crippen molar-refractivity contribution in [3.63, 3.8) is 0 Å². The Bertz CT molecular complexity index is 325. The number of hydrogen-bond donors (Lipinski definition) is 1. The molecule has 2 heteroatoms. The van der Waals surface area contributed by atoms with E-state index >= 15 is 0 Å². The van der Waals surface area contributed by atoms with Gasteiger partial charge in [0.2, 0.25) is 0 Å². The van der Waals surface area contributed by atoms with E-state index in [0.717, 1.165) is 36.1 Å². The molecule has 1 unspecified atom stereocenters. The summed E-state index contributed by atoms with van der Waals surface area (Å²) in [5.74, 6) is 5.43. The highest BCUT2D eigenvalue weighted by Crippen LogP contribution is 2.57. The molecule has 1 saturated heterocycles. The van der Waals surface area contributed by atoms with E-state index in [1.807, 2.05) is 0 Å². The minimum Gasteiger partial charge on any atom is -0.324 e. The lowest BCUT2D eigenvalue weighted by Gasteiger charge is -2.55. The SMILES string of the molecule is CN1CCC(N)(CCC2C3CC4CC(C3)CC2C4)C1. The van der Waals surface area contributed by atoms with Gasteiger partial charge in [-0.05, 0) is 94.5 Å². The van der Waals surface area contributed by atoms with Crippen molar-refractivity contribution in [2.45, 2.75) is 56.9 Å². The normalized spacial score (nSPS) is 53.1. The quantitative estimate of drug-likeness (QED) is 0.847. The molecule has 4 saturated carbocycles. The van der Waals surface area contributed by atoms with Gasteiger partial charge in [0.25, 0.3) is 0 Å². The highest BCUT2D eigenvalue weighted by atomic mass is 15.2. The Kier molecular flexibility index (Phi) is 2.97. The van der Waals surface area contributed by atoms with E-state index in [-0.39, 0.29) is 5.54 Å². The van der Waals surface area contributed by atoms with Gasteiger partial charge in [-0.3, -0.25) is 0 Å². The zero-order valence-electron chi connectivity index (χ0n) is 12.5. The zero-order chi connectivity index (χ0) is 13.0. The number of nitrogens with zero attached hydrogens (tertiary/aromatic N) is 1. The van der Waals surface area contributed by atoms with Gasteiger partial charge in [0, 0.05) is 12.1 Å². The molecule has 0 aromatic rings. The summed E-state index contributed by atoms with van der Waals surface area (Å²) in [7, 11) is 2.22. The third-order valence-corrected chi connectivity index (χ3v) is 6.97. The topological polar surface area (TPSA) is 29.3 Å². The fraction of sp³-hybridized carbons (Fsp3) is 1.00. The summed E-state index contributed by atoms with van der Waals surface area (Å²) < 4.78 is 0. The van der Waals surface area contributed by atoms with Crippen LogP contribution in [0.3, 0.4) is 0 Å². The molecule has 0 aromatic carbocycles. The molecule has 1 aliphatic heterocycles. The van der Waals surface area contributed by atoms with Crippen LogP contribution in [-0.2, 0) is 0 Å². The van der Waals surface area contributed by atoms with E-state index in [2.05, 4.69) is 11.9 Å². The molecule has 0 radical (unpaired) electrons. The van der Waals surface area contributed by atoms with Crippen LogP contribution >= 0.6 is 0 Å². The predicted octanol–water partition coefficient (Wildman–Crippen LogP) is 2.87. The third kappa shape index (κ3) is 2.25. The molecular formula is C17H30N2. The van der Waals surface area contributed by atoms with E-state index in [1.165, 1.54) is 25.8 Å². The summed E-state index contributed by atoms with van der Waals surface area (Å²) >= 11 is 0. The Labute approximate surface area is 118 Å². The average Bonchev–Trinajstić information content (AvgIpc) is 2.68. The number of hydrogen-bond acceptors (Lipinski definition) is 2. The molecule has 2 N–H and O–H groups in total. The lowest BCUT2D eigenvalue weighted by Crippen LogP contribution is -2.47. The van der Waals surface area contributed by atoms with Gasteiger partial charge >= 0.3 is 0 Å². The van der Waals surface area contributed by atoms with Gasteiger partial charge in [0.1, 0.15) is 0 Å². The van der Waals surface area contributed by atoms with Gasteiger partial charge in [-0.2, -0.15) is 0 Å². The first-order chi connectivity index (χ1) is 9.11. The second-order valence-corrected chi connectivity index (χ2v) is 8.48. The summed E-state index contributed by atoms with van der Waals surface area (Å²) in [5.41, 5.74) is 6.75. The van der Waals surface area contributed by atoms with Gasteiger partial charge in [-0.25, -0.2) is 0 Å². The largest absolute Gasteiger partial charge is 0.324 e. The maximum absolute atomic E-state index is 6.61. The zero-order valence-corrected chi connectivity index (χ0v) is 12.5. The molecule has 2 nitrogen and oxygen atoms in total. The monoisotopic (exact) mass is 262 g/mol. The van der Waals surface area contributed by atoms with Crippen molar-refractivity contribution >= 4 is 0 Å². The van der Waals surface area contributed by atoms with Crippen LogP contribution in [0.1, 0.15) is 51.4 Å². The first-order valence-electron chi connectivity index (χ1n) is 8.59. The highest BCUT2D eigenvalue weighted by molar-refractivity contribution is 5.00. The van der Waals surface area contributed by atoms with Crippen molar-refractivity contribution in [2.24, 2.45) is 35.3 Å². The Morgan fingerprint density at radius 3 is 2.21 bits per heavy atom. The smallest absolute Gasteiger partial charge is 0.0295 e. The van der Waals surface area contributed by atoms with Gasteiger partial charge in [0.15, 0.2) is 0 Å². The third-order valence-electron chi connectivity index (χ3n) is 6.97. The minimum absolute atomic E-state index is 0.142. The van der Waals surface area contributed by atoms with Crippen molar-refractivity contribution in [1.82, 2.24) is 4.90 Å². The van der Waals surface area contributed by atoms with Crippen LogP contribution in [0.25, 0.3) is 0 Å². The maximum Gasteiger partial charge on any atom is 0.0295 e. The molecule has 5 rings (SSSR count). The van der Waals surface area contributed by atoms with Crippen LogP contribution in [-0.4, -0.2) is 30.6 Å². The average molecular weight is 262 g/mol. The van der Waals surface area contributed by atoms with Gasteiger partial charge < -0.3 is 10.6 Å². The second-order valence-electron chi connectivity index (χ2n) is 8.48. The standard InChI is InChI=1S/C17H30N2/c1-19-5-4-17(18,11-19)3-2-16-14-7-12-6-13(9-14)10-15(16)8-12/h12-16H,2-11,18H2,1H3. The number of nitrogens with two attached hydrogens (primary N) is 1. The lowest BCUT2D eigenvalue weighted by atomic mass is 9.51. The maximum atomic E-state index is 6.61. The van der Waals surface area contributed by atoms with Crippen LogP contribution in [0, 0.1) is 29.6 Å². The molecule has 4 aliphatic carbocycles. The van der Waals surface area contributed by atoms with Crippen LogP contribution < -0.4 is 5.73 Å². The molecule has 0 amide bonds. The highest BCUT2D eigenvalue weighted by Gasteiger charge is 2.48. The van der Waals surface area contributed by atoms with Crippen LogP contribution in [0.15, 0.2) is 0 Å². The summed E-state index contributed by atoms with van der Waals surface area (Å²) in [6.07, 6.45) is 11.8.